The Morgan fingerprint density at radius 1 is 1.26 bits per heavy atom. The summed E-state index contributed by atoms with van der Waals surface area (Å²) in [6.07, 6.45) is -4.47. The van der Waals surface area contributed by atoms with Crippen molar-refractivity contribution >= 4 is 0 Å². The average Bonchev–Trinajstić information content (AvgIpc) is 2.54. The minimum Gasteiger partial charge on any atom is -0.829 e. The van der Waals surface area contributed by atoms with Gasteiger partial charge in [-0.15, -0.1) is 0 Å². The average molecular weight is 328 g/mol. The van der Waals surface area contributed by atoms with E-state index in [1.807, 2.05) is 35.2 Å². The molecule has 0 unspecified atom stereocenters. The molecule has 1 aromatic carbocycles. The van der Waals surface area contributed by atoms with Gasteiger partial charge in [-0.25, -0.2) is 8.78 Å². The largest absolute Gasteiger partial charge is 0.829 e. The normalized spacial score (nSPS) is 25.5. The van der Waals surface area contributed by atoms with E-state index in [1.165, 1.54) is 7.11 Å². The van der Waals surface area contributed by atoms with Crippen LogP contribution in [0, 0.1) is 5.92 Å². The van der Waals surface area contributed by atoms with E-state index in [1.54, 1.807) is 6.92 Å². The van der Waals surface area contributed by atoms with Crippen LogP contribution in [0.25, 0.3) is 0 Å². The van der Waals surface area contributed by atoms with Gasteiger partial charge < -0.3 is 14.6 Å². The standard InChI is InChI=1S/C17H24F2NO3/c1-12(17(21)22-2)23-15-8-14(16(18)19)10-20(11-15)9-13-6-4-3-5-7-13/h3-7,12,14-17H,8-11H2,1-2H3/q-1/t12-,14+,15-,17+/m0/s1. The van der Waals surface area contributed by atoms with Crippen molar-refractivity contribution in [3.63, 3.8) is 0 Å². The summed E-state index contributed by atoms with van der Waals surface area (Å²) in [5.74, 6) is -0.739. The Kier molecular flexibility index (Phi) is 6.89. The van der Waals surface area contributed by atoms with Gasteiger partial charge in [0.05, 0.1) is 12.2 Å². The van der Waals surface area contributed by atoms with Gasteiger partial charge >= 0.3 is 0 Å². The number of rotatable bonds is 7. The van der Waals surface area contributed by atoms with Crippen LogP contribution in [0.5, 0.6) is 0 Å². The summed E-state index contributed by atoms with van der Waals surface area (Å²) < 4.78 is 36.8. The highest BCUT2D eigenvalue weighted by Gasteiger charge is 2.34. The molecule has 0 saturated carbocycles. The molecule has 130 valence electrons. The minimum atomic E-state index is -2.39. The predicted octanol–water partition coefficient (Wildman–Crippen LogP) is 1.88. The molecule has 0 aliphatic carbocycles. The molecule has 1 fully saturated rings. The summed E-state index contributed by atoms with van der Waals surface area (Å²) in [6, 6.07) is 9.74. The summed E-state index contributed by atoms with van der Waals surface area (Å²) in [7, 11) is 1.32. The van der Waals surface area contributed by atoms with Gasteiger partial charge in [-0.2, -0.15) is 0 Å². The Labute approximate surface area is 136 Å². The van der Waals surface area contributed by atoms with Gasteiger partial charge in [0.1, 0.15) is 0 Å². The van der Waals surface area contributed by atoms with Crippen molar-refractivity contribution in [2.75, 3.05) is 20.2 Å². The van der Waals surface area contributed by atoms with E-state index in [9.17, 15) is 13.9 Å². The van der Waals surface area contributed by atoms with Gasteiger partial charge in [0.25, 0.3) is 0 Å². The zero-order valence-electron chi connectivity index (χ0n) is 13.5. The fourth-order valence-corrected chi connectivity index (χ4v) is 2.99. The van der Waals surface area contributed by atoms with Crippen molar-refractivity contribution in [2.24, 2.45) is 5.92 Å². The number of hydrogen-bond acceptors (Lipinski definition) is 4. The fourth-order valence-electron chi connectivity index (χ4n) is 2.99. The van der Waals surface area contributed by atoms with Gasteiger partial charge in [0.15, 0.2) is 0 Å². The Morgan fingerprint density at radius 2 is 1.96 bits per heavy atom. The number of ether oxygens (including phenoxy) is 2. The van der Waals surface area contributed by atoms with E-state index in [2.05, 4.69) is 0 Å². The Hall–Kier alpha value is -1.08. The SMILES string of the molecule is CO[C@@H]([O-])[C@H](C)O[C@H]1C[C@@H](C(F)F)CN(Cc2ccccc2)C1. The third-order valence-electron chi connectivity index (χ3n) is 4.15. The zero-order chi connectivity index (χ0) is 16.8. The Morgan fingerprint density at radius 3 is 2.57 bits per heavy atom. The van der Waals surface area contributed by atoms with Crippen LogP contribution in [-0.4, -0.2) is 50.0 Å². The third kappa shape index (κ3) is 5.49. The second-order valence-corrected chi connectivity index (χ2v) is 6.08. The zero-order valence-corrected chi connectivity index (χ0v) is 13.5. The highest BCUT2D eigenvalue weighted by molar-refractivity contribution is 5.14. The molecule has 4 atom stereocenters. The van der Waals surface area contributed by atoms with E-state index >= 15 is 0 Å². The molecular formula is C17H24F2NO3-. The number of piperidine rings is 1. The molecule has 1 aliphatic heterocycles. The quantitative estimate of drug-likeness (QED) is 0.717. The summed E-state index contributed by atoms with van der Waals surface area (Å²) >= 11 is 0. The Balaban J connectivity index is 1.99. The molecular weight excluding hydrogens is 304 g/mol. The Bertz CT molecular complexity index is 460. The number of nitrogens with zero attached hydrogens (tertiary/aromatic N) is 1. The van der Waals surface area contributed by atoms with Crippen LogP contribution in [0.3, 0.4) is 0 Å². The topological polar surface area (TPSA) is 44.8 Å². The van der Waals surface area contributed by atoms with Crippen LogP contribution in [0.15, 0.2) is 30.3 Å². The van der Waals surface area contributed by atoms with Crippen molar-refractivity contribution in [1.82, 2.24) is 4.90 Å². The van der Waals surface area contributed by atoms with E-state index in [-0.39, 0.29) is 12.5 Å². The number of alkyl halides is 2. The second kappa shape index (κ2) is 8.68. The summed E-state index contributed by atoms with van der Waals surface area (Å²) in [5, 5.41) is 11.5. The molecule has 1 saturated heterocycles. The molecule has 0 spiro atoms. The van der Waals surface area contributed by atoms with Gasteiger partial charge in [0, 0.05) is 39.0 Å². The lowest BCUT2D eigenvalue weighted by Crippen LogP contribution is -2.49. The molecule has 0 bridgehead atoms. The predicted molar refractivity (Wildman–Crippen MR) is 81.0 cm³/mol. The third-order valence-corrected chi connectivity index (χ3v) is 4.15. The molecule has 4 nitrogen and oxygen atoms in total. The lowest BCUT2D eigenvalue weighted by Gasteiger charge is -2.40. The van der Waals surface area contributed by atoms with Crippen molar-refractivity contribution in [2.45, 2.75) is 44.8 Å². The molecule has 2 rings (SSSR count). The van der Waals surface area contributed by atoms with Crippen LogP contribution in [0.4, 0.5) is 8.78 Å². The molecule has 0 aromatic heterocycles. The number of benzene rings is 1. The van der Waals surface area contributed by atoms with Crippen LogP contribution < -0.4 is 5.11 Å². The molecule has 1 aromatic rings. The first-order valence-corrected chi connectivity index (χ1v) is 7.88. The van der Waals surface area contributed by atoms with Crippen molar-refractivity contribution in [3.05, 3.63) is 35.9 Å². The molecule has 0 N–H and O–H groups in total. The number of hydrogen-bond donors (Lipinski definition) is 0. The van der Waals surface area contributed by atoms with E-state index in [0.717, 1.165) is 5.56 Å². The maximum absolute atomic E-state index is 13.2. The van der Waals surface area contributed by atoms with Gasteiger partial charge in [-0.1, -0.05) is 30.3 Å². The smallest absolute Gasteiger partial charge is 0.242 e. The highest BCUT2D eigenvalue weighted by atomic mass is 19.3. The molecule has 1 aliphatic rings. The number of methoxy groups -OCH3 is 1. The molecule has 6 heteroatoms. The molecule has 0 radical (unpaired) electrons. The number of halogens is 2. The molecule has 0 amide bonds. The first-order valence-electron chi connectivity index (χ1n) is 7.88. The monoisotopic (exact) mass is 328 g/mol. The maximum Gasteiger partial charge on any atom is 0.242 e. The first-order chi connectivity index (χ1) is 11.0. The lowest BCUT2D eigenvalue weighted by molar-refractivity contribution is -0.506. The van der Waals surface area contributed by atoms with Gasteiger partial charge in [-0.05, 0) is 18.9 Å². The summed E-state index contributed by atoms with van der Waals surface area (Å²) in [6.45, 7) is 3.10. The van der Waals surface area contributed by atoms with Crippen molar-refractivity contribution < 1.29 is 23.4 Å². The fraction of sp³-hybridized carbons (Fsp3) is 0.647. The summed E-state index contributed by atoms with van der Waals surface area (Å²) in [5.41, 5.74) is 1.08. The molecule has 1 heterocycles. The lowest BCUT2D eigenvalue weighted by atomic mass is 9.95. The van der Waals surface area contributed by atoms with Crippen LogP contribution >= 0.6 is 0 Å². The second-order valence-electron chi connectivity index (χ2n) is 6.08. The summed E-state index contributed by atoms with van der Waals surface area (Å²) in [4.78, 5) is 1.97. The van der Waals surface area contributed by atoms with Crippen molar-refractivity contribution in [3.8, 4) is 0 Å². The van der Waals surface area contributed by atoms with E-state index in [4.69, 9.17) is 9.47 Å². The minimum absolute atomic E-state index is 0.268. The first kappa shape index (κ1) is 18.3. The molecule has 23 heavy (non-hydrogen) atoms. The number of likely N-dealkylation sites (tertiary alicyclic amines) is 1. The van der Waals surface area contributed by atoms with Crippen LogP contribution in [0.1, 0.15) is 18.9 Å². The highest BCUT2D eigenvalue weighted by Crippen LogP contribution is 2.26. The van der Waals surface area contributed by atoms with Crippen LogP contribution in [0.2, 0.25) is 0 Å². The van der Waals surface area contributed by atoms with E-state index < -0.39 is 24.7 Å². The van der Waals surface area contributed by atoms with Gasteiger partial charge in [0.2, 0.25) is 6.43 Å². The maximum atomic E-state index is 13.2. The van der Waals surface area contributed by atoms with E-state index in [0.29, 0.717) is 19.6 Å². The van der Waals surface area contributed by atoms with Crippen molar-refractivity contribution in [1.29, 1.82) is 0 Å². The van der Waals surface area contributed by atoms with Crippen LogP contribution in [-0.2, 0) is 16.0 Å². The van der Waals surface area contributed by atoms with Gasteiger partial charge in [-0.3, -0.25) is 4.90 Å².